The van der Waals surface area contributed by atoms with Crippen LogP contribution in [0.15, 0.2) is 29.2 Å². The minimum Gasteiger partial charge on any atom is -0.616 e. The van der Waals surface area contributed by atoms with Gasteiger partial charge in [0.25, 0.3) is 10.1 Å². The molecule has 2 rings (SSSR count). The quantitative estimate of drug-likeness (QED) is 0.626. The molecule has 0 aromatic heterocycles. The van der Waals surface area contributed by atoms with Gasteiger partial charge in [-0.2, -0.15) is 8.42 Å². The lowest BCUT2D eigenvalue weighted by molar-refractivity contribution is 0.197. The van der Waals surface area contributed by atoms with E-state index in [2.05, 4.69) is 0 Å². The van der Waals surface area contributed by atoms with Crippen molar-refractivity contribution >= 4 is 21.3 Å². The predicted octanol–water partition coefficient (Wildman–Crippen LogP) is 1.61. The van der Waals surface area contributed by atoms with Crippen molar-refractivity contribution < 1.29 is 17.2 Å². The fourth-order valence-electron chi connectivity index (χ4n) is 1.81. The van der Waals surface area contributed by atoms with E-state index in [1.165, 1.54) is 0 Å². The Morgan fingerprint density at radius 2 is 1.78 bits per heavy atom. The highest BCUT2D eigenvalue weighted by atomic mass is 32.2. The molecule has 1 saturated heterocycles. The van der Waals surface area contributed by atoms with Gasteiger partial charge in [0, 0.05) is 12.8 Å². The maximum Gasteiger partial charge on any atom is 0.297 e. The van der Waals surface area contributed by atoms with Crippen LogP contribution in [0.5, 0.6) is 0 Å². The monoisotopic (exact) mass is 288 g/mol. The van der Waals surface area contributed by atoms with E-state index < -0.39 is 21.3 Å². The van der Waals surface area contributed by atoms with Gasteiger partial charge in [-0.15, -0.1) is 0 Å². The van der Waals surface area contributed by atoms with Crippen LogP contribution in [0, 0.1) is 6.92 Å². The fourth-order valence-corrected chi connectivity index (χ4v) is 4.20. The van der Waals surface area contributed by atoms with Gasteiger partial charge in [-0.3, -0.25) is 4.18 Å². The topological polar surface area (TPSA) is 66.4 Å². The van der Waals surface area contributed by atoms with Crippen LogP contribution in [0.4, 0.5) is 0 Å². The Morgan fingerprint density at radius 3 is 2.33 bits per heavy atom. The van der Waals surface area contributed by atoms with E-state index in [4.69, 9.17) is 4.18 Å². The van der Waals surface area contributed by atoms with Gasteiger partial charge >= 0.3 is 0 Å². The van der Waals surface area contributed by atoms with Gasteiger partial charge in [-0.1, -0.05) is 28.9 Å². The molecular weight excluding hydrogens is 272 g/mol. The molecule has 0 aliphatic carbocycles. The lowest BCUT2D eigenvalue weighted by atomic mass is 10.2. The average molecular weight is 288 g/mol. The SMILES string of the molecule is Cc1ccc(S(=O)(=O)O[C@H]2CC[S@+]([O-])CC2)cc1. The van der Waals surface area contributed by atoms with Gasteiger partial charge in [0.05, 0.1) is 11.0 Å². The lowest BCUT2D eigenvalue weighted by Gasteiger charge is -2.23. The van der Waals surface area contributed by atoms with Crippen LogP contribution in [-0.4, -0.2) is 30.6 Å². The van der Waals surface area contributed by atoms with E-state index in [1.807, 2.05) is 6.92 Å². The van der Waals surface area contributed by atoms with E-state index in [-0.39, 0.29) is 11.0 Å². The normalized spacial score (nSPS) is 25.0. The summed E-state index contributed by atoms with van der Waals surface area (Å²) in [5, 5.41) is 0. The molecule has 0 saturated carbocycles. The zero-order valence-corrected chi connectivity index (χ0v) is 11.8. The second-order valence-electron chi connectivity index (χ2n) is 4.41. The zero-order chi connectivity index (χ0) is 13.2. The summed E-state index contributed by atoms with van der Waals surface area (Å²) in [4.78, 5) is 0.180. The summed E-state index contributed by atoms with van der Waals surface area (Å²) in [5.74, 6) is 1.04. The summed E-state index contributed by atoms with van der Waals surface area (Å²) in [6.45, 7) is 1.90. The van der Waals surface area contributed by atoms with Crippen molar-refractivity contribution in [3.63, 3.8) is 0 Å². The maximum atomic E-state index is 12.0. The molecule has 0 atom stereocenters. The van der Waals surface area contributed by atoms with Crippen molar-refractivity contribution in [1.82, 2.24) is 0 Å². The predicted molar refractivity (Wildman–Crippen MR) is 70.3 cm³/mol. The Kier molecular flexibility index (Phi) is 4.32. The highest BCUT2D eigenvalue weighted by molar-refractivity contribution is 7.91. The molecule has 1 aliphatic rings. The van der Waals surface area contributed by atoms with Crippen molar-refractivity contribution in [2.75, 3.05) is 11.5 Å². The molecule has 1 fully saturated rings. The first kappa shape index (κ1) is 13.9. The molecule has 1 aromatic carbocycles. The first-order valence-corrected chi connectivity index (χ1v) is 8.72. The van der Waals surface area contributed by atoms with Crippen LogP contribution in [0.25, 0.3) is 0 Å². The molecule has 1 aromatic rings. The first-order valence-electron chi connectivity index (χ1n) is 5.82. The van der Waals surface area contributed by atoms with E-state index in [0.717, 1.165) is 5.56 Å². The Morgan fingerprint density at radius 1 is 1.22 bits per heavy atom. The number of hydrogen-bond donors (Lipinski definition) is 0. The van der Waals surface area contributed by atoms with Crippen LogP contribution in [0.1, 0.15) is 18.4 Å². The molecule has 0 bridgehead atoms. The molecule has 0 unspecified atom stereocenters. The van der Waals surface area contributed by atoms with Gasteiger partial charge in [-0.05, 0) is 19.1 Å². The van der Waals surface area contributed by atoms with Crippen molar-refractivity contribution in [3.8, 4) is 0 Å². The van der Waals surface area contributed by atoms with Gasteiger partial charge in [0.1, 0.15) is 11.5 Å². The number of rotatable bonds is 3. The molecule has 1 heterocycles. The zero-order valence-electron chi connectivity index (χ0n) is 10.2. The standard InChI is InChI=1S/C12H16O4S2/c1-10-2-4-12(5-3-10)18(14,15)16-11-6-8-17(13)9-7-11/h2-5,11H,6-9H2,1H3/t11-,17-. The molecule has 0 spiro atoms. The summed E-state index contributed by atoms with van der Waals surface area (Å²) in [6.07, 6.45) is 0.740. The van der Waals surface area contributed by atoms with Crippen molar-refractivity contribution in [1.29, 1.82) is 0 Å². The third-order valence-electron chi connectivity index (χ3n) is 2.91. The lowest BCUT2D eigenvalue weighted by Crippen LogP contribution is -2.30. The molecule has 100 valence electrons. The van der Waals surface area contributed by atoms with Crippen LogP contribution in [0.3, 0.4) is 0 Å². The van der Waals surface area contributed by atoms with Gasteiger partial charge < -0.3 is 4.55 Å². The smallest absolute Gasteiger partial charge is 0.297 e. The minimum absolute atomic E-state index is 0.180. The van der Waals surface area contributed by atoms with E-state index >= 15 is 0 Å². The van der Waals surface area contributed by atoms with Gasteiger partial charge in [0.15, 0.2) is 0 Å². The minimum atomic E-state index is -3.69. The third kappa shape index (κ3) is 3.47. The van der Waals surface area contributed by atoms with Gasteiger partial charge in [0.2, 0.25) is 0 Å². The second-order valence-corrected chi connectivity index (χ2v) is 7.68. The maximum absolute atomic E-state index is 12.0. The van der Waals surface area contributed by atoms with Crippen molar-refractivity contribution in [2.24, 2.45) is 0 Å². The molecular formula is C12H16O4S2. The summed E-state index contributed by atoms with van der Waals surface area (Å²) in [7, 11) is -3.69. The Bertz CT molecular complexity index is 487. The van der Waals surface area contributed by atoms with Crippen LogP contribution in [-0.2, 0) is 25.5 Å². The highest BCUT2D eigenvalue weighted by Crippen LogP contribution is 2.21. The first-order chi connectivity index (χ1) is 8.47. The summed E-state index contributed by atoms with van der Waals surface area (Å²) < 4.78 is 40.4. The van der Waals surface area contributed by atoms with Gasteiger partial charge in [-0.25, -0.2) is 0 Å². The fraction of sp³-hybridized carbons (Fsp3) is 0.500. The number of benzene rings is 1. The Labute approximate surface area is 111 Å². The molecule has 0 amide bonds. The molecule has 0 radical (unpaired) electrons. The molecule has 18 heavy (non-hydrogen) atoms. The third-order valence-corrected chi connectivity index (χ3v) is 5.66. The summed E-state index contributed by atoms with van der Waals surface area (Å²) in [5.41, 5.74) is 1.00. The molecule has 6 heteroatoms. The molecule has 0 N–H and O–H groups in total. The average Bonchev–Trinajstić information content (AvgIpc) is 2.32. The Hall–Kier alpha value is -0.560. The number of hydrogen-bond acceptors (Lipinski definition) is 4. The molecule has 1 aliphatic heterocycles. The molecule has 4 nitrogen and oxygen atoms in total. The second kappa shape index (κ2) is 5.61. The van der Waals surface area contributed by atoms with Crippen molar-refractivity contribution in [2.45, 2.75) is 30.8 Å². The van der Waals surface area contributed by atoms with Crippen LogP contribution < -0.4 is 0 Å². The van der Waals surface area contributed by atoms with E-state index in [0.29, 0.717) is 24.3 Å². The Balaban J connectivity index is 2.05. The highest BCUT2D eigenvalue weighted by Gasteiger charge is 2.27. The van der Waals surface area contributed by atoms with Crippen molar-refractivity contribution in [3.05, 3.63) is 29.8 Å². The summed E-state index contributed by atoms with van der Waals surface area (Å²) in [6, 6.07) is 6.58. The largest absolute Gasteiger partial charge is 0.616 e. The van der Waals surface area contributed by atoms with Crippen LogP contribution >= 0.6 is 0 Å². The summed E-state index contributed by atoms with van der Waals surface area (Å²) >= 11 is -0.812. The van der Waals surface area contributed by atoms with Crippen LogP contribution in [0.2, 0.25) is 0 Å². The van der Waals surface area contributed by atoms with E-state index in [1.54, 1.807) is 24.3 Å². The van der Waals surface area contributed by atoms with E-state index in [9.17, 15) is 13.0 Å². The number of aryl methyl sites for hydroxylation is 1.